The molecule has 18 heavy (non-hydrogen) atoms. The Bertz CT molecular complexity index is 550. The van der Waals surface area contributed by atoms with Gasteiger partial charge in [-0.05, 0) is 31.5 Å². The molecular weight excluding hydrogens is 226 g/mol. The third kappa shape index (κ3) is 2.24. The lowest BCUT2D eigenvalue weighted by molar-refractivity contribution is 0.219. The molecule has 1 aromatic heterocycles. The van der Waals surface area contributed by atoms with Crippen molar-refractivity contribution in [1.29, 1.82) is 0 Å². The van der Waals surface area contributed by atoms with Crippen LogP contribution in [0, 0.1) is 0 Å². The van der Waals surface area contributed by atoms with Crippen molar-refractivity contribution in [2.24, 2.45) is 0 Å². The number of aliphatic hydroxyl groups excluding tert-OH is 1. The number of hydrogen-bond donors (Lipinski definition) is 3. The van der Waals surface area contributed by atoms with Gasteiger partial charge in [0.05, 0.1) is 12.1 Å². The van der Waals surface area contributed by atoms with Gasteiger partial charge in [0.25, 0.3) is 0 Å². The molecule has 0 amide bonds. The van der Waals surface area contributed by atoms with Crippen molar-refractivity contribution < 1.29 is 5.11 Å². The number of benzene rings is 1. The predicted molar refractivity (Wildman–Crippen MR) is 75.6 cm³/mol. The van der Waals surface area contributed by atoms with Crippen LogP contribution in [0.2, 0.25) is 0 Å². The van der Waals surface area contributed by atoms with Crippen LogP contribution in [0.5, 0.6) is 0 Å². The van der Waals surface area contributed by atoms with E-state index in [1.165, 1.54) is 0 Å². The van der Waals surface area contributed by atoms with Gasteiger partial charge < -0.3 is 16.2 Å². The summed E-state index contributed by atoms with van der Waals surface area (Å²) in [5.74, 6) is 0. The van der Waals surface area contributed by atoms with E-state index in [0.29, 0.717) is 0 Å². The topological polar surface area (TPSA) is 71.2 Å². The van der Waals surface area contributed by atoms with Crippen LogP contribution in [0.25, 0.3) is 10.8 Å². The molecule has 0 aliphatic carbocycles. The Hall–Kier alpha value is -1.81. The van der Waals surface area contributed by atoms with Gasteiger partial charge in [-0.15, -0.1) is 0 Å². The molecule has 2 aromatic rings. The Morgan fingerprint density at radius 1 is 1.33 bits per heavy atom. The maximum absolute atomic E-state index is 9.47. The highest BCUT2D eigenvalue weighted by atomic mass is 16.3. The van der Waals surface area contributed by atoms with Gasteiger partial charge in [-0.25, -0.2) is 0 Å². The number of rotatable bonds is 4. The van der Waals surface area contributed by atoms with Crippen molar-refractivity contribution >= 4 is 22.1 Å². The molecule has 0 aliphatic rings. The molecule has 1 aromatic carbocycles. The Balaban J connectivity index is 2.49. The van der Waals surface area contributed by atoms with Crippen LogP contribution in [0.1, 0.15) is 20.3 Å². The van der Waals surface area contributed by atoms with E-state index in [1.54, 1.807) is 12.4 Å². The average molecular weight is 245 g/mol. The fourth-order valence-corrected chi connectivity index (χ4v) is 1.89. The molecule has 0 radical (unpaired) electrons. The van der Waals surface area contributed by atoms with Crippen molar-refractivity contribution in [3.05, 3.63) is 30.6 Å². The number of nitrogen functional groups attached to an aromatic ring is 1. The minimum Gasteiger partial charge on any atom is -0.398 e. The van der Waals surface area contributed by atoms with Crippen molar-refractivity contribution in [3.63, 3.8) is 0 Å². The summed E-state index contributed by atoms with van der Waals surface area (Å²) in [6.45, 7) is 4.11. The van der Waals surface area contributed by atoms with Gasteiger partial charge in [0.2, 0.25) is 0 Å². The number of anilines is 2. The minimum absolute atomic E-state index is 0.0790. The molecule has 0 aliphatic heterocycles. The number of nitrogens with one attached hydrogen (secondary N) is 1. The lowest BCUT2D eigenvalue weighted by atomic mass is 9.98. The predicted octanol–water partition coefficient (Wildman–Crippen LogP) is 2.39. The highest BCUT2D eigenvalue weighted by molar-refractivity contribution is 6.00. The largest absolute Gasteiger partial charge is 0.398 e. The van der Waals surface area contributed by atoms with Crippen molar-refractivity contribution in [1.82, 2.24) is 4.98 Å². The summed E-state index contributed by atoms with van der Waals surface area (Å²) < 4.78 is 0. The summed E-state index contributed by atoms with van der Waals surface area (Å²) >= 11 is 0. The number of hydrogen-bond acceptors (Lipinski definition) is 4. The molecule has 2 rings (SSSR count). The van der Waals surface area contributed by atoms with Gasteiger partial charge in [0, 0.05) is 34.5 Å². The number of aliphatic hydroxyl groups is 1. The molecule has 0 bridgehead atoms. The summed E-state index contributed by atoms with van der Waals surface area (Å²) in [5.41, 5.74) is 7.30. The van der Waals surface area contributed by atoms with Gasteiger partial charge in [-0.2, -0.15) is 0 Å². The number of nitrogens with two attached hydrogens (primary N) is 1. The Kier molecular flexibility index (Phi) is 3.39. The SMILES string of the molecule is CCC(C)(CO)Nc1ccc(N)c2ccncc12. The molecule has 0 saturated carbocycles. The molecule has 0 saturated heterocycles. The highest BCUT2D eigenvalue weighted by Crippen LogP contribution is 2.29. The van der Waals surface area contributed by atoms with E-state index in [1.807, 2.05) is 32.0 Å². The fraction of sp³-hybridized carbons (Fsp3) is 0.357. The zero-order valence-electron chi connectivity index (χ0n) is 10.8. The smallest absolute Gasteiger partial charge is 0.0658 e. The third-order valence-corrected chi connectivity index (χ3v) is 3.42. The van der Waals surface area contributed by atoms with E-state index < -0.39 is 0 Å². The average Bonchev–Trinajstić information content (AvgIpc) is 2.42. The van der Waals surface area contributed by atoms with Crippen LogP contribution in [0.4, 0.5) is 11.4 Å². The van der Waals surface area contributed by atoms with Crippen LogP contribution < -0.4 is 11.1 Å². The first-order valence-corrected chi connectivity index (χ1v) is 6.11. The molecule has 96 valence electrons. The molecular formula is C14H19N3O. The van der Waals surface area contributed by atoms with Gasteiger partial charge in [0.1, 0.15) is 0 Å². The molecule has 4 nitrogen and oxygen atoms in total. The molecule has 4 heteroatoms. The molecule has 1 heterocycles. The van der Waals surface area contributed by atoms with Crippen LogP contribution >= 0.6 is 0 Å². The second-order valence-corrected chi connectivity index (χ2v) is 4.82. The summed E-state index contributed by atoms with van der Waals surface area (Å²) in [6.07, 6.45) is 4.35. The van der Waals surface area contributed by atoms with Crippen LogP contribution in [0.3, 0.4) is 0 Å². The van der Waals surface area contributed by atoms with Gasteiger partial charge >= 0.3 is 0 Å². The summed E-state index contributed by atoms with van der Waals surface area (Å²) in [7, 11) is 0. The second-order valence-electron chi connectivity index (χ2n) is 4.82. The van der Waals surface area contributed by atoms with Crippen molar-refractivity contribution in [3.8, 4) is 0 Å². The van der Waals surface area contributed by atoms with E-state index >= 15 is 0 Å². The number of pyridine rings is 1. The zero-order chi connectivity index (χ0) is 13.2. The molecule has 0 spiro atoms. The third-order valence-electron chi connectivity index (χ3n) is 3.42. The van der Waals surface area contributed by atoms with Gasteiger partial charge in [0.15, 0.2) is 0 Å². The zero-order valence-corrected chi connectivity index (χ0v) is 10.8. The summed E-state index contributed by atoms with van der Waals surface area (Å²) in [6, 6.07) is 5.71. The summed E-state index contributed by atoms with van der Waals surface area (Å²) in [5, 5.41) is 14.8. The maximum atomic E-state index is 9.47. The Morgan fingerprint density at radius 3 is 2.78 bits per heavy atom. The van der Waals surface area contributed by atoms with Gasteiger partial charge in [-0.3, -0.25) is 4.98 Å². The minimum atomic E-state index is -0.334. The lowest BCUT2D eigenvalue weighted by Crippen LogP contribution is -2.38. The number of aromatic nitrogens is 1. The maximum Gasteiger partial charge on any atom is 0.0658 e. The molecule has 1 atom stereocenters. The first kappa shape index (κ1) is 12.6. The summed E-state index contributed by atoms with van der Waals surface area (Å²) in [4.78, 5) is 4.14. The fourth-order valence-electron chi connectivity index (χ4n) is 1.89. The van der Waals surface area contributed by atoms with E-state index in [-0.39, 0.29) is 12.1 Å². The van der Waals surface area contributed by atoms with Crippen LogP contribution in [-0.4, -0.2) is 22.2 Å². The quantitative estimate of drug-likeness (QED) is 0.723. The Morgan fingerprint density at radius 2 is 2.11 bits per heavy atom. The highest BCUT2D eigenvalue weighted by Gasteiger charge is 2.21. The lowest BCUT2D eigenvalue weighted by Gasteiger charge is -2.29. The number of fused-ring (bicyclic) bond motifs is 1. The van der Waals surface area contributed by atoms with Crippen molar-refractivity contribution in [2.75, 3.05) is 17.7 Å². The number of nitrogens with zero attached hydrogens (tertiary/aromatic N) is 1. The first-order chi connectivity index (χ1) is 8.59. The standard InChI is InChI=1S/C14H19N3O/c1-3-14(2,9-18)17-13-5-4-12(15)10-6-7-16-8-11(10)13/h4-8,17-18H,3,9,15H2,1-2H3. The van der Waals surface area contributed by atoms with Crippen LogP contribution in [0.15, 0.2) is 30.6 Å². The Labute approximate surface area is 107 Å². The van der Waals surface area contributed by atoms with E-state index in [0.717, 1.165) is 28.6 Å². The van der Waals surface area contributed by atoms with Crippen molar-refractivity contribution in [2.45, 2.75) is 25.8 Å². The second kappa shape index (κ2) is 4.82. The van der Waals surface area contributed by atoms with E-state index in [9.17, 15) is 5.11 Å². The molecule has 0 fully saturated rings. The van der Waals surface area contributed by atoms with Crippen LogP contribution in [-0.2, 0) is 0 Å². The molecule has 1 unspecified atom stereocenters. The van der Waals surface area contributed by atoms with Gasteiger partial charge in [-0.1, -0.05) is 6.92 Å². The monoisotopic (exact) mass is 245 g/mol. The molecule has 4 N–H and O–H groups in total. The van der Waals surface area contributed by atoms with E-state index in [4.69, 9.17) is 5.73 Å². The normalized spacial score (nSPS) is 14.4. The first-order valence-electron chi connectivity index (χ1n) is 6.11. The van der Waals surface area contributed by atoms with E-state index in [2.05, 4.69) is 10.3 Å².